The van der Waals surface area contributed by atoms with Gasteiger partial charge in [0, 0.05) is 17.8 Å². The number of rotatable bonds is 9. The molecule has 38 heavy (non-hydrogen) atoms. The number of anilines is 1. The first-order valence-electron chi connectivity index (χ1n) is 12.5. The Balaban J connectivity index is 1.18. The molecule has 1 amide bonds. The molecule has 7 nitrogen and oxygen atoms in total. The van der Waals surface area contributed by atoms with Gasteiger partial charge in [-0.1, -0.05) is 35.5 Å². The molecule has 0 bridgehead atoms. The summed E-state index contributed by atoms with van der Waals surface area (Å²) in [6.07, 6.45) is -0.272. The molecule has 9 heteroatoms. The van der Waals surface area contributed by atoms with E-state index in [0.29, 0.717) is 11.7 Å². The topological polar surface area (TPSA) is 81.9 Å². The van der Waals surface area contributed by atoms with Crippen molar-refractivity contribution in [2.45, 2.75) is 45.5 Å². The molecule has 0 aliphatic rings. The van der Waals surface area contributed by atoms with Crippen LogP contribution in [0.15, 0.2) is 71.9 Å². The summed E-state index contributed by atoms with van der Waals surface area (Å²) in [7, 11) is 0. The van der Waals surface area contributed by atoms with Gasteiger partial charge in [-0.2, -0.15) is 0 Å². The van der Waals surface area contributed by atoms with E-state index >= 15 is 0 Å². The molecule has 1 unspecified atom stereocenters. The monoisotopic (exact) mass is 543 g/mol. The van der Waals surface area contributed by atoms with Crippen LogP contribution in [0.4, 0.5) is 5.69 Å². The maximum Gasteiger partial charge on any atom is 0.234 e. The Bertz CT molecular complexity index is 1560. The zero-order valence-electron chi connectivity index (χ0n) is 21.8. The Morgan fingerprint density at radius 3 is 2.50 bits per heavy atom. The summed E-state index contributed by atoms with van der Waals surface area (Å²) in [5.74, 6) is 1.64. The molecule has 1 atom stereocenters. The number of amides is 1. The normalized spacial score (nSPS) is 12.0. The fourth-order valence-electron chi connectivity index (χ4n) is 4.06. The predicted octanol–water partition coefficient (Wildman–Crippen LogP) is 7.06. The van der Waals surface area contributed by atoms with Gasteiger partial charge < -0.3 is 14.6 Å². The molecule has 5 rings (SSSR count). The predicted molar refractivity (Wildman–Crippen MR) is 155 cm³/mol. The molecule has 0 radical (unpaired) electrons. The van der Waals surface area contributed by atoms with Gasteiger partial charge in [0.2, 0.25) is 5.91 Å². The number of thiazole rings is 1. The highest BCUT2D eigenvalue weighted by atomic mass is 32.2. The van der Waals surface area contributed by atoms with Crippen LogP contribution in [-0.2, 0) is 11.3 Å². The highest BCUT2D eigenvalue weighted by molar-refractivity contribution is 7.99. The second kappa shape index (κ2) is 11.4. The fraction of sp³-hybridized carbons (Fsp3) is 0.241. The van der Waals surface area contributed by atoms with E-state index in [1.165, 1.54) is 27.6 Å². The van der Waals surface area contributed by atoms with E-state index in [1.807, 2.05) is 73.9 Å². The van der Waals surface area contributed by atoms with Gasteiger partial charge in [0.25, 0.3) is 0 Å². The van der Waals surface area contributed by atoms with Crippen LogP contribution in [0.5, 0.6) is 5.75 Å². The Morgan fingerprint density at radius 1 is 1.03 bits per heavy atom. The third kappa shape index (κ3) is 5.89. The van der Waals surface area contributed by atoms with Gasteiger partial charge in [-0.25, -0.2) is 4.98 Å². The molecule has 0 fully saturated rings. The minimum Gasteiger partial charge on any atom is -0.483 e. The molecule has 1 N–H and O–H groups in total. The number of aromatic nitrogens is 4. The standard InChI is InChI=1S/C29H29N5O2S2/c1-5-34-27(20(4)36-23-13-6-18(2)7-14-23)32-33-29(34)37-17-26(35)30-22-11-9-21(10-12-22)28-31-24-15-8-19(3)16-25(24)38-28/h6-16,20H,5,17H2,1-4H3,(H,30,35). The lowest BCUT2D eigenvalue weighted by molar-refractivity contribution is -0.113. The van der Waals surface area contributed by atoms with Gasteiger partial charge in [0.1, 0.15) is 10.8 Å². The zero-order chi connectivity index (χ0) is 26.6. The van der Waals surface area contributed by atoms with Crippen LogP contribution in [0.3, 0.4) is 0 Å². The summed E-state index contributed by atoms with van der Waals surface area (Å²) in [6.45, 7) is 8.79. The largest absolute Gasteiger partial charge is 0.483 e. The molecule has 194 valence electrons. The van der Waals surface area contributed by atoms with E-state index in [-0.39, 0.29) is 17.8 Å². The van der Waals surface area contributed by atoms with Crippen molar-refractivity contribution >= 4 is 44.9 Å². The first-order chi connectivity index (χ1) is 18.4. The number of aryl methyl sites for hydroxylation is 2. The van der Waals surface area contributed by atoms with Gasteiger partial charge in [-0.3, -0.25) is 4.79 Å². The highest BCUT2D eigenvalue weighted by Gasteiger charge is 2.19. The van der Waals surface area contributed by atoms with Crippen molar-refractivity contribution in [3.8, 4) is 16.3 Å². The second-order valence-corrected chi connectivity index (χ2v) is 11.0. The number of carbonyl (C=O) groups is 1. The molecule has 0 aliphatic carbocycles. The number of nitrogens with zero attached hydrogens (tertiary/aromatic N) is 4. The van der Waals surface area contributed by atoms with E-state index in [9.17, 15) is 4.79 Å². The number of thioether (sulfide) groups is 1. The van der Waals surface area contributed by atoms with Crippen molar-refractivity contribution in [2.24, 2.45) is 0 Å². The SMILES string of the molecule is CCn1c(SCC(=O)Nc2ccc(-c3nc4ccc(C)cc4s3)cc2)nnc1C(C)Oc1ccc(C)cc1. The van der Waals surface area contributed by atoms with E-state index in [2.05, 4.69) is 40.6 Å². The maximum atomic E-state index is 12.7. The van der Waals surface area contributed by atoms with Crippen LogP contribution in [0.1, 0.15) is 36.9 Å². The maximum absolute atomic E-state index is 12.7. The Hall–Kier alpha value is -3.69. The molecule has 5 aromatic rings. The third-order valence-electron chi connectivity index (χ3n) is 6.05. The van der Waals surface area contributed by atoms with Crippen molar-refractivity contribution in [3.63, 3.8) is 0 Å². The van der Waals surface area contributed by atoms with Crippen LogP contribution in [0, 0.1) is 13.8 Å². The average Bonchev–Trinajstić information content (AvgIpc) is 3.53. The smallest absolute Gasteiger partial charge is 0.234 e. The van der Waals surface area contributed by atoms with Crippen molar-refractivity contribution in [1.82, 2.24) is 19.7 Å². The lowest BCUT2D eigenvalue weighted by Gasteiger charge is -2.15. The van der Waals surface area contributed by atoms with Crippen LogP contribution < -0.4 is 10.1 Å². The fourth-order valence-corrected chi connectivity index (χ4v) is 5.94. The molecular weight excluding hydrogens is 514 g/mol. The Kier molecular flexibility index (Phi) is 7.76. The minimum absolute atomic E-state index is 0.102. The van der Waals surface area contributed by atoms with Crippen LogP contribution >= 0.6 is 23.1 Å². The van der Waals surface area contributed by atoms with Gasteiger partial charge in [0.15, 0.2) is 17.1 Å². The number of hydrogen-bond donors (Lipinski definition) is 1. The number of fused-ring (bicyclic) bond motifs is 1. The van der Waals surface area contributed by atoms with Gasteiger partial charge in [-0.05, 0) is 81.8 Å². The lowest BCUT2D eigenvalue weighted by Crippen LogP contribution is -2.15. The summed E-state index contributed by atoms with van der Waals surface area (Å²) in [5, 5.41) is 13.3. The molecule has 2 aromatic heterocycles. The van der Waals surface area contributed by atoms with E-state index in [4.69, 9.17) is 9.72 Å². The van der Waals surface area contributed by atoms with Gasteiger partial charge in [0.05, 0.1) is 16.0 Å². The van der Waals surface area contributed by atoms with Crippen LogP contribution in [0.2, 0.25) is 0 Å². The quantitative estimate of drug-likeness (QED) is 0.200. The summed E-state index contributed by atoms with van der Waals surface area (Å²) in [5.41, 5.74) is 5.18. The van der Waals surface area contributed by atoms with Crippen LogP contribution in [0.25, 0.3) is 20.8 Å². The zero-order valence-corrected chi connectivity index (χ0v) is 23.4. The summed E-state index contributed by atoms with van der Waals surface area (Å²) in [6, 6.07) is 22.0. The molecule has 0 saturated heterocycles. The van der Waals surface area contributed by atoms with Gasteiger partial charge in [-0.15, -0.1) is 21.5 Å². The number of nitrogens with one attached hydrogen (secondary N) is 1. The van der Waals surface area contributed by atoms with Crippen molar-refractivity contribution in [3.05, 3.63) is 83.7 Å². The van der Waals surface area contributed by atoms with Crippen LogP contribution in [-0.4, -0.2) is 31.4 Å². The number of carbonyl (C=O) groups excluding carboxylic acids is 1. The number of hydrogen-bond acceptors (Lipinski definition) is 7. The lowest BCUT2D eigenvalue weighted by atomic mass is 10.2. The minimum atomic E-state index is -0.272. The molecule has 0 aliphatic heterocycles. The van der Waals surface area contributed by atoms with Crippen molar-refractivity contribution in [2.75, 3.05) is 11.1 Å². The van der Waals surface area contributed by atoms with E-state index < -0.39 is 0 Å². The van der Waals surface area contributed by atoms with E-state index in [1.54, 1.807) is 11.3 Å². The summed E-state index contributed by atoms with van der Waals surface area (Å²) in [4.78, 5) is 17.4. The molecular formula is C29H29N5O2S2. The number of benzene rings is 3. The van der Waals surface area contributed by atoms with Crippen molar-refractivity contribution in [1.29, 1.82) is 0 Å². The first kappa shape index (κ1) is 25.9. The van der Waals surface area contributed by atoms with Gasteiger partial charge >= 0.3 is 0 Å². The number of ether oxygens (including phenoxy) is 1. The molecule has 2 heterocycles. The summed E-state index contributed by atoms with van der Waals surface area (Å²) < 4.78 is 9.23. The molecule has 3 aromatic carbocycles. The molecule has 0 spiro atoms. The first-order valence-corrected chi connectivity index (χ1v) is 14.3. The third-order valence-corrected chi connectivity index (χ3v) is 8.09. The Labute approximate surface area is 230 Å². The van der Waals surface area contributed by atoms with Crippen molar-refractivity contribution < 1.29 is 9.53 Å². The highest BCUT2D eigenvalue weighted by Crippen LogP contribution is 2.31. The summed E-state index contributed by atoms with van der Waals surface area (Å²) >= 11 is 3.03. The van der Waals surface area contributed by atoms with E-state index in [0.717, 1.165) is 33.3 Å². The second-order valence-electron chi connectivity index (χ2n) is 9.06. The average molecular weight is 544 g/mol. The Morgan fingerprint density at radius 2 is 1.76 bits per heavy atom. The molecule has 0 saturated carbocycles.